The van der Waals surface area contributed by atoms with Gasteiger partial charge in [-0.15, -0.1) is 35.0 Å². The highest BCUT2D eigenvalue weighted by Crippen LogP contribution is 2.32. The van der Waals surface area contributed by atoms with E-state index in [0.717, 1.165) is 42.0 Å². The maximum absolute atomic E-state index is 4.45. The lowest BCUT2D eigenvalue weighted by atomic mass is 10.0. The molecule has 0 amide bonds. The molecule has 0 spiro atoms. The van der Waals surface area contributed by atoms with Crippen LogP contribution in [0.2, 0.25) is 0 Å². The van der Waals surface area contributed by atoms with Crippen LogP contribution in [0.4, 0.5) is 5.82 Å². The summed E-state index contributed by atoms with van der Waals surface area (Å²) in [6.07, 6.45) is 0. The Bertz CT molecular complexity index is 606. The fourth-order valence-electron chi connectivity index (χ4n) is 3.67. The third kappa shape index (κ3) is 3.60. The van der Waals surface area contributed by atoms with Gasteiger partial charge in [-0.1, -0.05) is 30.3 Å². The number of rotatable bonds is 2. The summed E-state index contributed by atoms with van der Waals surface area (Å²) in [6.45, 7) is 4.68. The van der Waals surface area contributed by atoms with Gasteiger partial charge < -0.3 is 9.80 Å². The number of benzene rings is 1. The fraction of sp³-hybridized carbons (Fsp3) is 0.412. The van der Waals surface area contributed by atoms with E-state index >= 15 is 0 Å². The number of fused-ring (bicyclic) bond motifs is 1. The van der Waals surface area contributed by atoms with E-state index in [9.17, 15) is 0 Å². The van der Waals surface area contributed by atoms with Crippen LogP contribution in [-0.4, -0.2) is 48.3 Å². The summed E-state index contributed by atoms with van der Waals surface area (Å²) in [7, 11) is 2.22. The SMILES string of the molecule is CN1C[C@@H]2CN(c3ccc(-c4ccccc4)nn3)C[C@@H]2C1.Cl.Cl. The summed E-state index contributed by atoms with van der Waals surface area (Å²) in [5.41, 5.74) is 2.06. The van der Waals surface area contributed by atoms with Crippen LogP contribution in [0.1, 0.15) is 0 Å². The van der Waals surface area contributed by atoms with E-state index < -0.39 is 0 Å². The van der Waals surface area contributed by atoms with Gasteiger partial charge in [0.1, 0.15) is 0 Å². The van der Waals surface area contributed by atoms with Gasteiger partial charge in [-0.05, 0) is 31.0 Å². The van der Waals surface area contributed by atoms with E-state index in [4.69, 9.17) is 0 Å². The minimum atomic E-state index is 0. The van der Waals surface area contributed by atoms with Crippen LogP contribution in [0.5, 0.6) is 0 Å². The maximum atomic E-state index is 4.45. The number of nitrogens with zero attached hydrogens (tertiary/aromatic N) is 4. The smallest absolute Gasteiger partial charge is 0.151 e. The Morgan fingerprint density at radius 2 is 1.48 bits per heavy atom. The van der Waals surface area contributed by atoms with Gasteiger partial charge in [0.25, 0.3) is 0 Å². The van der Waals surface area contributed by atoms with Gasteiger partial charge in [0.05, 0.1) is 5.69 Å². The quantitative estimate of drug-likeness (QED) is 0.831. The zero-order chi connectivity index (χ0) is 14.2. The van der Waals surface area contributed by atoms with Crippen LogP contribution in [0.15, 0.2) is 42.5 Å². The van der Waals surface area contributed by atoms with E-state index in [1.807, 2.05) is 18.2 Å². The lowest BCUT2D eigenvalue weighted by molar-refractivity contribution is 0.387. The fourth-order valence-corrected chi connectivity index (χ4v) is 3.67. The molecule has 0 radical (unpaired) electrons. The minimum absolute atomic E-state index is 0. The van der Waals surface area contributed by atoms with Crippen molar-refractivity contribution in [2.75, 3.05) is 38.1 Å². The van der Waals surface area contributed by atoms with Gasteiger partial charge in [0.2, 0.25) is 0 Å². The van der Waals surface area contributed by atoms with Crippen molar-refractivity contribution in [3.8, 4) is 11.3 Å². The van der Waals surface area contributed by atoms with Crippen molar-refractivity contribution in [2.24, 2.45) is 11.8 Å². The predicted molar refractivity (Wildman–Crippen MR) is 98.7 cm³/mol. The first-order valence-corrected chi connectivity index (χ1v) is 7.62. The van der Waals surface area contributed by atoms with Crippen molar-refractivity contribution < 1.29 is 0 Å². The van der Waals surface area contributed by atoms with Crippen molar-refractivity contribution in [3.05, 3.63) is 42.5 Å². The summed E-state index contributed by atoms with van der Waals surface area (Å²) in [5, 5.41) is 8.85. The van der Waals surface area contributed by atoms with E-state index in [-0.39, 0.29) is 24.8 Å². The second-order valence-electron chi connectivity index (χ2n) is 6.29. The molecule has 0 saturated carbocycles. The topological polar surface area (TPSA) is 32.3 Å². The average Bonchev–Trinajstić information content (AvgIpc) is 3.06. The molecule has 4 nitrogen and oxygen atoms in total. The van der Waals surface area contributed by atoms with Gasteiger partial charge >= 0.3 is 0 Å². The molecule has 2 aliphatic rings. The number of likely N-dealkylation sites (tertiary alicyclic amines) is 1. The summed E-state index contributed by atoms with van der Waals surface area (Å²) in [5.74, 6) is 2.61. The Hall–Kier alpha value is -1.36. The molecular formula is C17H22Cl2N4. The molecule has 2 aromatic rings. The van der Waals surface area contributed by atoms with Crippen LogP contribution < -0.4 is 4.90 Å². The highest BCUT2D eigenvalue weighted by Gasteiger charge is 2.39. The van der Waals surface area contributed by atoms with Gasteiger partial charge in [0, 0.05) is 31.7 Å². The Morgan fingerprint density at radius 1 is 0.826 bits per heavy atom. The van der Waals surface area contributed by atoms with Crippen LogP contribution in [0.3, 0.4) is 0 Å². The van der Waals surface area contributed by atoms with Crippen LogP contribution in [-0.2, 0) is 0 Å². The average molecular weight is 353 g/mol. The lowest BCUT2D eigenvalue weighted by Crippen LogP contribution is -2.27. The number of aromatic nitrogens is 2. The molecule has 2 atom stereocenters. The van der Waals surface area contributed by atoms with E-state index in [0.29, 0.717) is 0 Å². The molecule has 0 N–H and O–H groups in total. The second-order valence-corrected chi connectivity index (χ2v) is 6.29. The molecule has 2 fully saturated rings. The molecule has 2 saturated heterocycles. The van der Waals surface area contributed by atoms with Gasteiger partial charge in [-0.3, -0.25) is 0 Å². The third-order valence-corrected chi connectivity index (χ3v) is 4.71. The van der Waals surface area contributed by atoms with Gasteiger partial charge in [-0.25, -0.2) is 0 Å². The van der Waals surface area contributed by atoms with Crippen LogP contribution in [0.25, 0.3) is 11.3 Å². The van der Waals surface area contributed by atoms with Crippen molar-refractivity contribution in [1.29, 1.82) is 0 Å². The zero-order valence-electron chi connectivity index (χ0n) is 13.1. The Kier molecular flexibility index (Phi) is 5.84. The third-order valence-electron chi connectivity index (χ3n) is 4.71. The monoisotopic (exact) mass is 352 g/mol. The van der Waals surface area contributed by atoms with E-state index in [1.54, 1.807) is 0 Å². The highest BCUT2D eigenvalue weighted by atomic mass is 35.5. The number of hydrogen-bond donors (Lipinski definition) is 0. The Balaban J connectivity index is 0.000000960. The maximum Gasteiger partial charge on any atom is 0.151 e. The van der Waals surface area contributed by atoms with Crippen LogP contribution in [0, 0.1) is 11.8 Å². The minimum Gasteiger partial charge on any atom is -0.354 e. The van der Waals surface area contributed by atoms with E-state index in [1.165, 1.54) is 13.1 Å². The number of anilines is 1. The molecule has 1 aromatic heterocycles. The van der Waals surface area contributed by atoms with Crippen molar-refractivity contribution >= 4 is 30.6 Å². The normalized spacial score (nSPS) is 23.1. The molecule has 23 heavy (non-hydrogen) atoms. The molecule has 0 unspecified atom stereocenters. The summed E-state index contributed by atoms with van der Waals surface area (Å²) in [4.78, 5) is 4.83. The first kappa shape index (κ1) is 18.0. The van der Waals surface area contributed by atoms with Crippen molar-refractivity contribution in [1.82, 2.24) is 15.1 Å². The Labute approximate surface area is 149 Å². The zero-order valence-corrected chi connectivity index (χ0v) is 14.8. The summed E-state index contributed by atoms with van der Waals surface area (Å²) in [6, 6.07) is 14.4. The largest absolute Gasteiger partial charge is 0.354 e. The summed E-state index contributed by atoms with van der Waals surface area (Å²) >= 11 is 0. The Morgan fingerprint density at radius 3 is 2.04 bits per heavy atom. The first-order valence-electron chi connectivity index (χ1n) is 7.62. The van der Waals surface area contributed by atoms with Gasteiger partial charge in [-0.2, -0.15) is 0 Å². The first-order chi connectivity index (χ1) is 10.3. The standard InChI is InChI=1S/C17H20N4.2ClH/c1-20-9-14-11-21(12-15(14)10-20)17-8-7-16(18-19-17)13-5-3-2-4-6-13;;/h2-8,14-15H,9-12H2,1H3;2*1H/t14-,15+;;. The van der Waals surface area contributed by atoms with Crippen molar-refractivity contribution in [2.45, 2.75) is 0 Å². The molecule has 0 aliphatic carbocycles. The molecule has 1 aromatic carbocycles. The number of halogens is 2. The molecule has 0 bridgehead atoms. The van der Waals surface area contributed by atoms with Crippen LogP contribution >= 0.6 is 24.8 Å². The van der Waals surface area contributed by atoms with E-state index in [2.05, 4.69) is 51.3 Å². The molecule has 2 aliphatic heterocycles. The molecule has 6 heteroatoms. The molecule has 4 rings (SSSR count). The summed E-state index contributed by atoms with van der Waals surface area (Å²) < 4.78 is 0. The highest BCUT2D eigenvalue weighted by molar-refractivity contribution is 5.85. The van der Waals surface area contributed by atoms with Crippen molar-refractivity contribution in [3.63, 3.8) is 0 Å². The molecule has 124 valence electrons. The molecular weight excluding hydrogens is 331 g/mol. The number of hydrogen-bond acceptors (Lipinski definition) is 4. The second kappa shape index (κ2) is 7.47. The lowest BCUT2D eigenvalue weighted by Gasteiger charge is -2.19. The van der Waals surface area contributed by atoms with Gasteiger partial charge in [0.15, 0.2) is 5.82 Å². The molecule has 3 heterocycles. The predicted octanol–water partition coefficient (Wildman–Crippen LogP) is 2.99.